The second-order valence-corrected chi connectivity index (χ2v) is 7.24. The molecule has 0 saturated carbocycles. The Morgan fingerprint density at radius 1 is 1.36 bits per heavy atom. The number of nitrogens with zero attached hydrogens (tertiary/aromatic N) is 4. The largest absolute Gasteiger partial charge is 0.479 e. The molecule has 7 heteroatoms. The fraction of sp³-hybridized carbons (Fsp3) is 0.238. The van der Waals surface area contributed by atoms with E-state index in [9.17, 15) is 4.79 Å². The van der Waals surface area contributed by atoms with Crippen molar-refractivity contribution in [3.05, 3.63) is 68.7 Å². The van der Waals surface area contributed by atoms with E-state index < -0.39 is 0 Å². The maximum absolute atomic E-state index is 13.1. The Labute approximate surface area is 171 Å². The SMILES string of the molecule is CC[C@@H](C)c1nc2ccc(Br)cc2c(=O)n1N=Cc1cccc(OCC#N)c1. The van der Waals surface area contributed by atoms with Gasteiger partial charge in [-0.3, -0.25) is 4.79 Å². The molecule has 142 valence electrons. The Bertz CT molecular complexity index is 1130. The molecular weight excluding hydrogens is 420 g/mol. The number of hydrogen-bond donors (Lipinski definition) is 0. The van der Waals surface area contributed by atoms with E-state index in [0.29, 0.717) is 22.5 Å². The number of nitriles is 1. The molecule has 0 radical (unpaired) electrons. The standard InChI is InChI=1S/C21H19BrN4O2/c1-3-14(2)20-25-19-8-7-16(22)12-18(19)21(27)26(20)24-13-15-5-4-6-17(11-15)28-10-9-23/h4-8,11-14H,3,10H2,1-2H3/t14-/m1/s1. The molecule has 0 aliphatic carbocycles. The molecule has 0 N–H and O–H groups in total. The van der Waals surface area contributed by atoms with Crippen LogP contribution in [0, 0.1) is 11.3 Å². The van der Waals surface area contributed by atoms with Gasteiger partial charge in [-0.2, -0.15) is 15.0 Å². The smallest absolute Gasteiger partial charge is 0.282 e. The van der Waals surface area contributed by atoms with Gasteiger partial charge in [0.2, 0.25) is 0 Å². The predicted octanol–water partition coefficient (Wildman–Crippen LogP) is 4.46. The van der Waals surface area contributed by atoms with Crippen molar-refractivity contribution >= 4 is 33.0 Å². The highest BCUT2D eigenvalue weighted by molar-refractivity contribution is 9.10. The van der Waals surface area contributed by atoms with Crippen molar-refractivity contribution in [2.75, 3.05) is 6.61 Å². The van der Waals surface area contributed by atoms with Gasteiger partial charge in [0.25, 0.3) is 5.56 Å². The lowest BCUT2D eigenvalue weighted by atomic mass is 10.1. The summed E-state index contributed by atoms with van der Waals surface area (Å²) in [4.78, 5) is 17.8. The Kier molecular flexibility index (Phi) is 6.22. The van der Waals surface area contributed by atoms with E-state index in [1.165, 1.54) is 4.68 Å². The molecule has 0 aliphatic heterocycles. The van der Waals surface area contributed by atoms with E-state index in [-0.39, 0.29) is 18.1 Å². The van der Waals surface area contributed by atoms with Gasteiger partial charge in [0.05, 0.1) is 17.1 Å². The van der Waals surface area contributed by atoms with Crippen LogP contribution in [-0.4, -0.2) is 22.5 Å². The number of halogens is 1. The Balaban J connectivity index is 2.08. The predicted molar refractivity (Wildman–Crippen MR) is 113 cm³/mol. The molecule has 28 heavy (non-hydrogen) atoms. The van der Waals surface area contributed by atoms with E-state index >= 15 is 0 Å². The Morgan fingerprint density at radius 3 is 2.93 bits per heavy atom. The molecule has 0 bridgehead atoms. The third-order valence-corrected chi connectivity index (χ3v) is 4.86. The first-order chi connectivity index (χ1) is 13.5. The second-order valence-electron chi connectivity index (χ2n) is 6.32. The average Bonchev–Trinajstić information content (AvgIpc) is 2.71. The van der Waals surface area contributed by atoms with E-state index in [0.717, 1.165) is 16.5 Å². The molecule has 6 nitrogen and oxygen atoms in total. The molecule has 0 saturated heterocycles. The second kappa shape index (κ2) is 8.81. The van der Waals surface area contributed by atoms with Crippen LogP contribution in [0.25, 0.3) is 10.9 Å². The van der Waals surface area contributed by atoms with E-state index in [4.69, 9.17) is 10.00 Å². The molecule has 0 fully saturated rings. The lowest BCUT2D eigenvalue weighted by molar-refractivity contribution is 0.368. The molecule has 3 aromatic rings. The Morgan fingerprint density at radius 2 is 2.18 bits per heavy atom. The first kappa shape index (κ1) is 19.8. The number of hydrogen-bond acceptors (Lipinski definition) is 5. The molecule has 1 aromatic heterocycles. The van der Waals surface area contributed by atoms with Crippen LogP contribution >= 0.6 is 15.9 Å². The van der Waals surface area contributed by atoms with Crippen LogP contribution < -0.4 is 10.3 Å². The summed E-state index contributed by atoms with van der Waals surface area (Å²) >= 11 is 3.41. The monoisotopic (exact) mass is 438 g/mol. The molecule has 1 heterocycles. The summed E-state index contributed by atoms with van der Waals surface area (Å²) in [5.74, 6) is 1.26. The van der Waals surface area contributed by atoms with Crippen molar-refractivity contribution in [2.24, 2.45) is 5.10 Å². The fourth-order valence-electron chi connectivity index (χ4n) is 2.70. The zero-order valence-corrected chi connectivity index (χ0v) is 17.2. The lowest BCUT2D eigenvalue weighted by Gasteiger charge is -2.14. The molecule has 3 rings (SSSR count). The third kappa shape index (κ3) is 4.29. The summed E-state index contributed by atoms with van der Waals surface area (Å²) in [6.07, 6.45) is 2.43. The van der Waals surface area contributed by atoms with Gasteiger partial charge >= 0.3 is 0 Å². The molecule has 0 aliphatic rings. The van der Waals surface area contributed by atoms with Gasteiger partial charge in [-0.25, -0.2) is 4.98 Å². The summed E-state index contributed by atoms with van der Waals surface area (Å²) < 4.78 is 7.49. The first-order valence-corrected chi connectivity index (χ1v) is 9.69. The summed E-state index contributed by atoms with van der Waals surface area (Å²) in [6, 6.07) is 14.6. The van der Waals surface area contributed by atoms with Gasteiger partial charge in [-0.05, 0) is 42.3 Å². The highest BCUT2D eigenvalue weighted by Gasteiger charge is 2.15. The average molecular weight is 439 g/mol. The number of benzene rings is 2. The van der Waals surface area contributed by atoms with Gasteiger partial charge in [0, 0.05) is 10.4 Å². The van der Waals surface area contributed by atoms with Crippen LogP contribution in [0.2, 0.25) is 0 Å². The van der Waals surface area contributed by atoms with Gasteiger partial charge in [-0.15, -0.1) is 0 Å². The zero-order valence-electron chi connectivity index (χ0n) is 15.6. The van der Waals surface area contributed by atoms with Gasteiger partial charge in [0.1, 0.15) is 17.6 Å². The first-order valence-electron chi connectivity index (χ1n) is 8.90. The van der Waals surface area contributed by atoms with Crippen LogP contribution in [0.1, 0.15) is 37.6 Å². The highest BCUT2D eigenvalue weighted by atomic mass is 79.9. The van der Waals surface area contributed by atoms with Crippen LogP contribution in [0.15, 0.2) is 56.8 Å². The van der Waals surface area contributed by atoms with Crippen molar-refractivity contribution in [1.29, 1.82) is 5.26 Å². The van der Waals surface area contributed by atoms with Gasteiger partial charge in [-0.1, -0.05) is 41.9 Å². The summed E-state index contributed by atoms with van der Waals surface area (Å²) in [6.45, 7) is 4.04. The van der Waals surface area contributed by atoms with Crippen molar-refractivity contribution in [1.82, 2.24) is 9.66 Å². The van der Waals surface area contributed by atoms with Crippen LogP contribution in [-0.2, 0) is 0 Å². The normalized spacial score (nSPS) is 12.2. The van der Waals surface area contributed by atoms with Crippen molar-refractivity contribution < 1.29 is 4.74 Å². The number of ether oxygens (including phenoxy) is 1. The lowest BCUT2D eigenvalue weighted by Crippen LogP contribution is -2.23. The van der Waals surface area contributed by atoms with E-state index in [2.05, 4.69) is 26.0 Å². The highest BCUT2D eigenvalue weighted by Crippen LogP contribution is 2.21. The number of aromatic nitrogens is 2. The minimum Gasteiger partial charge on any atom is -0.479 e. The minimum atomic E-state index is -0.213. The quantitative estimate of drug-likeness (QED) is 0.532. The Hall–Kier alpha value is -2.98. The van der Waals surface area contributed by atoms with Crippen molar-refractivity contribution in [3.8, 4) is 11.8 Å². The fourth-order valence-corrected chi connectivity index (χ4v) is 3.06. The number of rotatable bonds is 6. The summed E-state index contributed by atoms with van der Waals surface area (Å²) in [7, 11) is 0. The minimum absolute atomic E-state index is 0.0261. The molecule has 0 unspecified atom stereocenters. The topological polar surface area (TPSA) is 80.3 Å². The van der Waals surface area contributed by atoms with Crippen molar-refractivity contribution in [3.63, 3.8) is 0 Å². The number of fused-ring (bicyclic) bond motifs is 1. The molecule has 2 aromatic carbocycles. The van der Waals surface area contributed by atoms with Gasteiger partial charge in [0.15, 0.2) is 6.61 Å². The molecule has 0 amide bonds. The maximum Gasteiger partial charge on any atom is 0.282 e. The van der Waals surface area contributed by atoms with Crippen LogP contribution in [0.5, 0.6) is 5.75 Å². The van der Waals surface area contributed by atoms with Gasteiger partial charge < -0.3 is 4.74 Å². The molecule has 1 atom stereocenters. The van der Waals surface area contributed by atoms with E-state index in [1.807, 2.05) is 44.2 Å². The third-order valence-electron chi connectivity index (χ3n) is 4.37. The maximum atomic E-state index is 13.1. The summed E-state index contributed by atoms with van der Waals surface area (Å²) in [5, 5.41) is 13.6. The summed E-state index contributed by atoms with van der Waals surface area (Å²) in [5.41, 5.74) is 1.20. The molecular formula is C21H19BrN4O2. The van der Waals surface area contributed by atoms with Crippen LogP contribution in [0.3, 0.4) is 0 Å². The molecule has 0 spiro atoms. The zero-order chi connectivity index (χ0) is 20.1. The van der Waals surface area contributed by atoms with Crippen LogP contribution in [0.4, 0.5) is 0 Å². The van der Waals surface area contributed by atoms with E-state index in [1.54, 1.807) is 24.4 Å². The van der Waals surface area contributed by atoms with Crippen molar-refractivity contribution in [2.45, 2.75) is 26.2 Å².